The second-order valence-corrected chi connectivity index (χ2v) is 6.75. The molecule has 0 fully saturated rings. The third-order valence-electron chi connectivity index (χ3n) is 4.77. The summed E-state index contributed by atoms with van der Waals surface area (Å²) in [5.74, 6) is 0.498. The van der Waals surface area contributed by atoms with Gasteiger partial charge in [0.15, 0.2) is 0 Å². The summed E-state index contributed by atoms with van der Waals surface area (Å²) in [6.45, 7) is 3.10. The van der Waals surface area contributed by atoms with Crippen molar-refractivity contribution >= 4 is 5.91 Å². The van der Waals surface area contributed by atoms with E-state index in [-0.39, 0.29) is 24.3 Å². The number of hydrogen-bond acceptors (Lipinski definition) is 3. The highest BCUT2D eigenvalue weighted by Gasteiger charge is 2.26. The number of carbonyl (C=O) groups is 1. The lowest BCUT2D eigenvalue weighted by molar-refractivity contribution is -0.134. The molecule has 138 valence electrons. The molecule has 0 radical (unpaired) electrons. The Morgan fingerprint density at radius 3 is 2.89 bits per heavy atom. The first-order chi connectivity index (χ1) is 13.1. The number of benzene rings is 2. The molecule has 2 heterocycles. The van der Waals surface area contributed by atoms with Gasteiger partial charge in [-0.1, -0.05) is 18.2 Å². The number of hydrogen-bond donors (Lipinski definition) is 0. The van der Waals surface area contributed by atoms with Gasteiger partial charge < -0.3 is 14.2 Å². The number of carbonyl (C=O) groups excluding carboxylic acids is 1. The third-order valence-corrected chi connectivity index (χ3v) is 4.77. The van der Waals surface area contributed by atoms with Gasteiger partial charge in [-0.25, -0.2) is 9.37 Å². The van der Waals surface area contributed by atoms with Gasteiger partial charge in [-0.2, -0.15) is 0 Å². The predicted molar refractivity (Wildman–Crippen MR) is 99.6 cm³/mol. The monoisotopic (exact) mass is 365 g/mol. The summed E-state index contributed by atoms with van der Waals surface area (Å²) in [7, 11) is 0. The Kier molecular flexibility index (Phi) is 4.62. The van der Waals surface area contributed by atoms with E-state index in [9.17, 15) is 9.18 Å². The molecule has 0 N–H and O–H groups in total. The van der Waals surface area contributed by atoms with Crippen molar-refractivity contribution in [3.05, 3.63) is 72.6 Å². The summed E-state index contributed by atoms with van der Waals surface area (Å²) in [6.07, 6.45) is 5.06. The molecule has 0 saturated heterocycles. The Morgan fingerprint density at radius 1 is 1.26 bits per heavy atom. The van der Waals surface area contributed by atoms with Crippen molar-refractivity contribution in [3.8, 4) is 16.9 Å². The maximum atomic E-state index is 13.6. The van der Waals surface area contributed by atoms with E-state index in [1.165, 1.54) is 12.1 Å². The number of rotatable bonds is 3. The van der Waals surface area contributed by atoms with E-state index >= 15 is 0 Å². The number of amides is 1. The van der Waals surface area contributed by atoms with Gasteiger partial charge in [0, 0.05) is 24.5 Å². The standard InChI is InChI=1S/C21H20FN3O2/c1-15-13-27-20-6-5-17(16-3-2-4-19(22)10-16)9-18(20)11-25(15)21(26)12-24-8-7-23-14-24/h2-10,14-15H,11-13H2,1H3. The van der Waals surface area contributed by atoms with Gasteiger partial charge in [0.2, 0.25) is 5.91 Å². The number of halogens is 1. The maximum absolute atomic E-state index is 13.6. The van der Waals surface area contributed by atoms with Crippen molar-refractivity contribution in [1.29, 1.82) is 0 Å². The number of fused-ring (bicyclic) bond motifs is 1. The predicted octanol–water partition coefficient (Wildman–Crippen LogP) is 3.50. The lowest BCUT2D eigenvalue weighted by Gasteiger charge is -2.26. The fourth-order valence-electron chi connectivity index (χ4n) is 3.29. The molecule has 1 aromatic heterocycles. The highest BCUT2D eigenvalue weighted by Crippen LogP contribution is 2.30. The minimum absolute atomic E-state index is 0.00751. The van der Waals surface area contributed by atoms with Crippen LogP contribution in [0.15, 0.2) is 61.2 Å². The van der Waals surface area contributed by atoms with Gasteiger partial charge >= 0.3 is 0 Å². The van der Waals surface area contributed by atoms with Crippen LogP contribution in [0.3, 0.4) is 0 Å². The molecule has 4 rings (SSSR count). The second kappa shape index (κ2) is 7.23. The second-order valence-electron chi connectivity index (χ2n) is 6.75. The summed E-state index contributed by atoms with van der Waals surface area (Å²) in [5, 5.41) is 0. The Balaban J connectivity index is 1.62. The highest BCUT2D eigenvalue weighted by atomic mass is 19.1. The maximum Gasteiger partial charge on any atom is 0.243 e. The third kappa shape index (κ3) is 3.69. The molecule has 2 aromatic carbocycles. The quantitative estimate of drug-likeness (QED) is 0.714. The molecule has 3 aromatic rings. The summed E-state index contributed by atoms with van der Waals surface area (Å²) in [5.41, 5.74) is 2.61. The van der Waals surface area contributed by atoms with Crippen LogP contribution in [0.1, 0.15) is 12.5 Å². The molecule has 0 aliphatic carbocycles. The molecule has 1 aliphatic heterocycles. The molecule has 0 spiro atoms. The first-order valence-electron chi connectivity index (χ1n) is 8.87. The van der Waals surface area contributed by atoms with Crippen molar-refractivity contribution in [2.75, 3.05) is 6.61 Å². The van der Waals surface area contributed by atoms with Crippen LogP contribution >= 0.6 is 0 Å². The van der Waals surface area contributed by atoms with Crippen LogP contribution in [-0.4, -0.2) is 33.0 Å². The van der Waals surface area contributed by atoms with Crippen molar-refractivity contribution < 1.29 is 13.9 Å². The average molecular weight is 365 g/mol. The molecule has 1 aliphatic rings. The van der Waals surface area contributed by atoms with E-state index in [0.29, 0.717) is 13.2 Å². The first-order valence-corrected chi connectivity index (χ1v) is 8.87. The van der Waals surface area contributed by atoms with Crippen molar-refractivity contribution in [1.82, 2.24) is 14.5 Å². The van der Waals surface area contributed by atoms with Crippen molar-refractivity contribution in [2.45, 2.75) is 26.1 Å². The summed E-state index contributed by atoms with van der Waals surface area (Å²) >= 11 is 0. The van der Waals surface area contributed by atoms with Crippen LogP contribution in [0.5, 0.6) is 5.75 Å². The van der Waals surface area contributed by atoms with E-state index in [4.69, 9.17) is 4.74 Å². The van der Waals surface area contributed by atoms with Crippen LogP contribution in [0, 0.1) is 5.82 Å². The molecule has 0 bridgehead atoms. The Labute approximate surface area is 157 Å². The summed E-state index contributed by atoms with van der Waals surface area (Å²) < 4.78 is 21.2. The molecular weight excluding hydrogens is 345 g/mol. The fraction of sp³-hybridized carbons (Fsp3) is 0.238. The van der Waals surface area contributed by atoms with Crippen molar-refractivity contribution in [3.63, 3.8) is 0 Å². The smallest absolute Gasteiger partial charge is 0.243 e. The lowest BCUT2D eigenvalue weighted by atomic mass is 10.0. The fourth-order valence-corrected chi connectivity index (χ4v) is 3.29. The number of ether oxygens (including phenoxy) is 1. The topological polar surface area (TPSA) is 47.4 Å². The van der Waals surface area contributed by atoms with Crippen LogP contribution in [0.25, 0.3) is 11.1 Å². The molecule has 6 heteroatoms. The van der Waals surface area contributed by atoms with Crippen LogP contribution < -0.4 is 4.74 Å². The van der Waals surface area contributed by atoms with Gasteiger partial charge in [0.1, 0.15) is 24.7 Å². The molecular formula is C21H20FN3O2. The van der Waals surface area contributed by atoms with E-state index in [0.717, 1.165) is 22.4 Å². The molecule has 5 nitrogen and oxygen atoms in total. The van der Waals surface area contributed by atoms with Gasteiger partial charge in [-0.3, -0.25) is 4.79 Å². The van der Waals surface area contributed by atoms with Gasteiger partial charge in [0.05, 0.1) is 12.4 Å². The Morgan fingerprint density at radius 2 is 2.11 bits per heavy atom. The minimum atomic E-state index is -0.274. The highest BCUT2D eigenvalue weighted by molar-refractivity contribution is 5.77. The van der Waals surface area contributed by atoms with E-state index < -0.39 is 0 Å². The van der Waals surface area contributed by atoms with Crippen LogP contribution in [0.4, 0.5) is 4.39 Å². The summed E-state index contributed by atoms with van der Waals surface area (Å²) in [6, 6.07) is 12.2. The molecule has 27 heavy (non-hydrogen) atoms. The molecule has 1 atom stereocenters. The zero-order valence-electron chi connectivity index (χ0n) is 15.0. The van der Waals surface area contributed by atoms with Gasteiger partial charge in [-0.15, -0.1) is 0 Å². The number of aromatic nitrogens is 2. The van der Waals surface area contributed by atoms with Crippen molar-refractivity contribution in [2.24, 2.45) is 0 Å². The number of nitrogens with zero attached hydrogens (tertiary/aromatic N) is 3. The SMILES string of the molecule is CC1COc2ccc(-c3cccc(F)c3)cc2CN1C(=O)Cn1ccnc1. The lowest BCUT2D eigenvalue weighted by Crippen LogP contribution is -2.41. The normalized spacial score (nSPS) is 16.4. The molecule has 1 amide bonds. The van der Waals surface area contributed by atoms with Gasteiger partial charge in [-0.05, 0) is 42.3 Å². The zero-order chi connectivity index (χ0) is 18.8. The average Bonchev–Trinajstić information content (AvgIpc) is 3.11. The molecule has 1 unspecified atom stereocenters. The number of imidazole rings is 1. The zero-order valence-corrected chi connectivity index (χ0v) is 15.0. The first kappa shape index (κ1) is 17.3. The van der Waals surface area contributed by atoms with Crippen LogP contribution in [0.2, 0.25) is 0 Å². The summed E-state index contributed by atoms with van der Waals surface area (Å²) in [4.78, 5) is 18.6. The van der Waals surface area contributed by atoms with E-state index in [2.05, 4.69) is 4.98 Å². The molecule has 0 saturated carbocycles. The Bertz CT molecular complexity index is 956. The van der Waals surface area contributed by atoms with E-state index in [1.807, 2.05) is 36.1 Å². The Hall–Kier alpha value is -3.15. The van der Waals surface area contributed by atoms with Crippen LogP contribution in [-0.2, 0) is 17.9 Å². The van der Waals surface area contributed by atoms with E-state index in [1.54, 1.807) is 29.4 Å². The van der Waals surface area contributed by atoms with Gasteiger partial charge in [0.25, 0.3) is 0 Å². The minimum Gasteiger partial charge on any atom is -0.491 e. The largest absolute Gasteiger partial charge is 0.491 e.